The van der Waals surface area contributed by atoms with E-state index in [0.29, 0.717) is 6.10 Å². The summed E-state index contributed by atoms with van der Waals surface area (Å²) in [7, 11) is 0. The molecule has 2 aromatic heterocycles. The number of aromatic nitrogens is 4. The molecule has 1 aliphatic heterocycles. The van der Waals surface area contributed by atoms with Gasteiger partial charge in [0.15, 0.2) is 10.8 Å². The standard InChI is InChI=1S/C16H18N4OS/c1-11-17-15-13-7-2-3-8-14(13)18-16(20(15)19-11)22-10-12-6-4-5-9-21-12/h2-3,7-8,12H,4-6,9-10H2,1H3/t12-/m1/s1. The summed E-state index contributed by atoms with van der Waals surface area (Å²) in [6.45, 7) is 2.80. The number of benzene rings is 1. The maximum Gasteiger partial charge on any atom is 0.191 e. The first-order valence-electron chi connectivity index (χ1n) is 7.68. The quantitative estimate of drug-likeness (QED) is 0.549. The Labute approximate surface area is 133 Å². The lowest BCUT2D eigenvalue weighted by atomic mass is 10.1. The van der Waals surface area contributed by atoms with E-state index in [4.69, 9.17) is 9.72 Å². The molecule has 3 aromatic rings. The lowest BCUT2D eigenvalue weighted by Crippen LogP contribution is -2.21. The Bertz CT molecular complexity index is 810. The van der Waals surface area contributed by atoms with Crippen LogP contribution in [0.5, 0.6) is 0 Å². The molecule has 0 unspecified atom stereocenters. The zero-order valence-electron chi connectivity index (χ0n) is 12.5. The van der Waals surface area contributed by atoms with Gasteiger partial charge < -0.3 is 4.74 Å². The third-order valence-corrected chi connectivity index (χ3v) is 4.99. The van der Waals surface area contributed by atoms with Crippen molar-refractivity contribution in [1.82, 2.24) is 19.6 Å². The van der Waals surface area contributed by atoms with Crippen molar-refractivity contribution in [2.75, 3.05) is 12.4 Å². The van der Waals surface area contributed by atoms with Crippen LogP contribution in [0.4, 0.5) is 0 Å². The molecule has 6 heteroatoms. The summed E-state index contributed by atoms with van der Waals surface area (Å²) >= 11 is 1.71. The van der Waals surface area contributed by atoms with E-state index in [2.05, 4.69) is 10.1 Å². The summed E-state index contributed by atoms with van der Waals surface area (Å²) in [5, 5.41) is 6.44. The van der Waals surface area contributed by atoms with Crippen molar-refractivity contribution in [3.05, 3.63) is 30.1 Å². The number of para-hydroxylation sites is 1. The van der Waals surface area contributed by atoms with E-state index >= 15 is 0 Å². The largest absolute Gasteiger partial charge is 0.377 e. The van der Waals surface area contributed by atoms with Crippen LogP contribution in [0.25, 0.3) is 16.6 Å². The fraction of sp³-hybridized carbons (Fsp3) is 0.438. The van der Waals surface area contributed by atoms with Gasteiger partial charge in [-0.25, -0.2) is 9.97 Å². The van der Waals surface area contributed by atoms with Crippen molar-refractivity contribution in [3.8, 4) is 0 Å². The molecule has 0 amide bonds. The van der Waals surface area contributed by atoms with E-state index < -0.39 is 0 Å². The minimum Gasteiger partial charge on any atom is -0.377 e. The first kappa shape index (κ1) is 14.0. The number of fused-ring (bicyclic) bond motifs is 3. The van der Waals surface area contributed by atoms with E-state index in [0.717, 1.165) is 46.3 Å². The Morgan fingerprint density at radius 1 is 1.27 bits per heavy atom. The highest BCUT2D eigenvalue weighted by atomic mass is 32.2. The van der Waals surface area contributed by atoms with Gasteiger partial charge in [-0.15, -0.1) is 5.10 Å². The average Bonchev–Trinajstić information content (AvgIpc) is 2.95. The molecule has 0 spiro atoms. The second kappa shape index (κ2) is 5.85. The minimum absolute atomic E-state index is 0.326. The van der Waals surface area contributed by atoms with Gasteiger partial charge >= 0.3 is 0 Å². The lowest BCUT2D eigenvalue weighted by Gasteiger charge is -2.21. The normalized spacial score (nSPS) is 19.0. The molecule has 0 bridgehead atoms. The van der Waals surface area contributed by atoms with E-state index in [1.165, 1.54) is 12.8 Å². The number of hydrogen-bond donors (Lipinski definition) is 0. The van der Waals surface area contributed by atoms with Crippen LogP contribution in [0.15, 0.2) is 29.4 Å². The highest BCUT2D eigenvalue weighted by Crippen LogP contribution is 2.26. The van der Waals surface area contributed by atoms with E-state index in [1.807, 2.05) is 35.7 Å². The van der Waals surface area contributed by atoms with Crippen molar-refractivity contribution in [2.45, 2.75) is 37.4 Å². The van der Waals surface area contributed by atoms with E-state index in [-0.39, 0.29) is 0 Å². The number of thioether (sulfide) groups is 1. The topological polar surface area (TPSA) is 52.3 Å². The first-order valence-corrected chi connectivity index (χ1v) is 8.66. The molecule has 22 heavy (non-hydrogen) atoms. The van der Waals surface area contributed by atoms with Gasteiger partial charge in [-0.1, -0.05) is 23.9 Å². The smallest absolute Gasteiger partial charge is 0.191 e. The van der Waals surface area contributed by atoms with Crippen LogP contribution in [0.3, 0.4) is 0 Å². The van der Waals surface area contributed by atoms with Gasteiger partial charge in [0.05, 0.1) is 11.6 Å². The summed E-state index contributed by atoms with van der Waals surface area (Å²) in [4.78, 5) is 9.33. The molecule has 1 atom stereocenters. The molecule has 3 heterocycles. The average molecular weight is 314 g/mol. The number of rotatable bonds is 3. The van der Waals surface area contributed by atoms with Crippen molar-refractivity contribution < 1.29 is 4.74 Å². The van der Waals surface area contributed by atoms with Crippen LogP contribution < -0.4 is 0 Å². The Hall–Kier alpha value is -1.66. The molecule has 114 valence electrons. The van der Waals surface area contributed by atoms with Gasteiger partial charge in [0.25, 0.3) is 0 Å². The summed E-state index contributed by atoms with van der Waals surface area (Å²) in [6.07, 6.45) is 3.91. The summed E-state index contributed by atoms with van der Waals surface area (Å²) in [5.41, 5.74) is 1.85. The molecule has 1 saturated heterocycles. The van der Waals surface area contributed by atoms with Gasteiger partial charge in [0.2, 0.25) is 0 Å². The van der Waals surface area contributed by atoms with Gasteiger partial charge in [-0.05, 0) is 38.3 Å². The Kier molecular flexibility index (Phi) is 3.72. The van der Waals surface area contributed by atoms with Gasteiger partial charge in [-0.2, -0.15) is 4.52 Å². The predicted molar refractivity (Wildman–Crippen MR) is 87.3 cm³/mol. The van der Waals surface area contributed by atoms with Crippen LogP contribution in [0.2, 0.25) is 0 Å². The molecule has 5 nitrogen and oxygen atoms in total. The van der Waals surface area contributed by atoms with Crippen molar-refractivity contribution >= 4 is 28.3 Å². The molecular formula is C16H18N4OS. The van der Waals surface area contributed by atoms with Crippen molar-refractivity contribution in [3.63, 3.8) is 0 Å². The third kappa shape index (κ3) is 2.57. The Morgan fingerprint density at radius 2 is 2.18 bits per heavy atom. The van der Waals surface area contributed by atoms with Crippen LogP contribution in [-0.4, -0.2) is 38.0 Å². The van der Waals surface area contributed by atoms with Gasteiger partial charge in [-0.3, -0.25) is 0 Å². The maximum atomic E-state index is 5.81. The maximum absolute atomic E-state index is 5.81. The zero-order chi connectivity index (χ0) is 14.9. The highest BCUT2D eigenvalue weighted by Gasteiger charge is 2.17. The predicted octanol–water partition coefficient (Wildman–Crippen LogP) is 3.25. The zero-order valence-corrected chi connectivity index (χ0v) is 13.3. The SMILES string of the molecule is Cc1nc2c3ccccc3nc(SC[C@H]3CCCCO3)n2n1. The number of ether oxygens (including phenoxy) is 1. The molecular weight excluding hydrogens is 296 g/mol. The van der Waals surface area contributed by atoms with Crippen molar-refractivity contribution in [2.24, 2.45) is 0 Å². The highest BCUT2D eigenvalue weighted by molar-refractivity contribution is 7.99. The van der Waals surface area contributed by atoms with Gasteiger partial charge in [0, 0.05) is 17.7 Å². The molecule has 0 saturated carbocycles. The molecule has 1 aliphatic rings. The first-order chi connectivity index (χ1) is 10.8. The Balaban J connectivity index is 1.71. The minimum atomic E-state index is 0.326. The Morgan fingerprint density at radius 3 is 3.05 bits per heavy atom. The fourth-order valence-corrected chi connectivity index (χ4v) is 3.84. The second-order valence-corrected chi connectivity index (χ2v) is 6.59. The molecule has 1 aromatic carbocycles. The number of hydrogen-bond acceptors (Lipinski definition) is 5. The molecule has 0 aliphatic carbocycles. The second-order valence-electron chi connectivity index (χ2n) is 5.61. The van der Waals surface area contributed by atoms with Crippen LogP contribution >= 0.6 is 11.8 Å². The van der Waals surface area contributed by atoms with Crippen LogP contribution in [0, 0.1) is 6.92 Å². The van der Waals surface area contributed by atoms with Crippen LogP contribution in [-0.2, 0) is 4.74 Å². The molecule has 4 rings (SSSR count). The molecule has 1 fully saturated rings. The van der Waals surface area contributed by atoms with E-state index in [9.17, 15) is 0 Å². The molecule has 0 radical (unpaired) electrons. The monoisotopic (exact) mass is 314 g/mol. The van der Waals surface area contributed by atoms with Gasteiger partial charge in [0.1, 0.15) is 5.82 Å². The van der Waals surface area contributed by atoms with Crippen molar-refractivity contribution in [1.29, 1.82) is 0 Å². The summed E-state index contributed by atoms with van der Waals surface area (Å²) in [5.74, 6) is 1.69. The van der Waals surface area contributed by atoms with Crippen LogP contribution in [0.1, 0.15) is 25.1 Å². The third-order valence-electron chi connectivity index (χ3n) is 3.93. The fourth-order valence-electron chi connectivity index (χ4n) is 2.83. The lowest BCUT2D eigenvalue weighted by molar-refractivity contribution is 0.0315. The van der Waals surface area contributed by atoms with E-state index in [1.54, 1.807) is 11.8 Å². The summed E-state index contributed by atoms with van der Waals surface area (Å²) in [6, 6.07) is 8.09. The molecule has 0 N–H and O–H groups in total. The number of aryl methyl sites for hydroxylation is 1. The number of nitrogens with zero attached hydrogens (tertiary/aromatic N) is 4. The summed E-state index contributed by atoms with van der Waals surface area (Å²) < 4.78 is 7.68.